The fraction of sp³-hybridized carbons (Fsp3) is 0.529. The largest absolute Gasteiger partial charge is 0.482 e. The van der Waals surface area contributed by atoms with E-state index in [1.54, 1.807) is 31.1 Å². The number of benzene rings is 1. The highest BCUT2D eigenvalue weighted by Gasteiger charge is 2.40. The first-order valence-corrected chi connectivity index (χ1v) is 7.82. The van der Waals surface area contributed by atoms with Crippen molar-refractivity contribution < 1.29 is 24.2 Å². The third-order valence-corrected chi connectivity index (χ3v) is 3.90. The summed E-state index contributed by atoms with van der Waals surface area (Å²) < 4.78 is 10.8. The minimum absolute atomic E-state index is 0.0374. The quantitative estimate of drug-likeness (QED) is 0.829. The minimum Gasteiger partial charge on any atom is -0.482 e. The lowest BCUT2D eigenvalue weighted by Gasteiger charge is -2.40. The predicted molar refractivity (Wildman–Crippen MR) is 87.9 cm³/mol. The first kappa shape index (κ1) is 18.2. The van der Waals surface area contributed by atoms with Crippen molar-refractivity contribution in [3.8, 4) is 5.75 Å². The molecule has 1 N–H and O–H groups in total. The van der Waals surface area contributed by atoms with Gasteiger partial charge in [-0.15, -0.1) is 0 Å². The zero-order valence-electron chi connectivity index (χ0n) is 14.3. The molecule has 1 aromatic rings. The maximum Gasteiger partial charge on any atom is 0.341 e. The van der Waals surface area contributed by atoms with Gasteiger partial charge >= 0.3 is 5.97 Å². The van der Waals surface area contributed by atoms with Crippen molar-refractivity contribution in [2.24, 2.45) is 0 Å². The van der Waals surface area contributed by atoms with E-state index in [0.717, 1.165) is 12.1 Å². The van der Waals surface area contributed by atoms with E-state index in [9.17, 15) is 9.59 Å². The molecule has 0 aromatic heterocycles. The first-order chi connectivity index (χ1) is 11.3. The molecule has 2 rings (SSSR count). The molecule has 1 atom stereocenters. The lowest BCUT2D eigenvalue weighted by Crippen LogP contribution is -2.57. The molecule has 1 aliphatic heterocycles. The molecule has 1 aromatic carbocycles. The molecule has 132 valence electrons. The van der Waals surface area contributed by atoms with E-state index in [2.05, 4.69) is 4.90 Å². The van der Waals surface area contributed by atoms with Crippen LogP contribution in [0.4, 0.5) is 0 Å². The maximum atomic E-state index is 12.3. The van der Waals surface area contributed by atoms with Crippen LogP contribution in [0.15, 0.2) is 24.3 Å². The third-order valence-electron chi connectivity index (χ3n) is 3.90. The highest BCUT2D eigenvalue weighted by Crippen LogP contribution is 2.22. The van der Waals surface area contributed by atoms with Gasteiger partial charge in [0, 0.05) is 33.7 Å². The first-order valence-electron chi connectivity index (χ1n) is 7.82. The monoisotopic (exact) mass is 336 g/mol. The predicted octanol–water partition coefficient (Wildman–Crippen LogP) is 0.829. The van der Waals surface area contributed by atoms with Crippen LogP contribution in [-0.4, -0.2) is 72.8 Å². The summed E-state index contributed by atoms with van der Waals surface area (Å²) in [5.74, 6) is -0.516. The average Bonchev–Trinajstić information content (AvgIpc) is 2.53. The Morgan fingerprint density at radius 3 is 2.58 bits per heavy atom. The van der Waals surface area contributed by atoms with Crippen molar-refractivity contribution in [3.63, 3.8) is 0 Å². The molecule has 0 saturated carbocycles. The van der Waals surface area contributed by atoms with E-state index < -0.39 is 11.6 Å². The number of hydrogen-bond acceptors (Lipinski definition) is 5. The maximum absolute atomic E-state index is 12.3. The van der Waals surface area contributed by atoms with Gasteiger partial charge in [-0.1, -0.05) is 12.1 Å². The van der Waals surface area contributed by atoms with Crippen LogP contribution in [-0.2, 0) is 20.9 Å². The summed E-state index contributed by atoms with van der Waals surface area (Å²) in [5, 5.41) is 8.60. The minimum atomic E-state index is -1.00. The lowest BCUT2D eigenvalue weighted by molar-refractivity contribution is -0.165. The molecule has 1 heterocycles. The van der Waals surface area contributed by atoms with Gasteiger partial charge in [0.1, 0.15) is 5.75 Å². The Labute approximate surface area is 141 Å². The number of aliphatic carboxylic acids is 1. The van der Waals surface area contributed by atoms with E-state index in [1.807, 2.05) is 19.1 Å². The molecule has 1 amide bonds. The normalized spacial score (nSPS) is 21.3. The molecule has 0 unspecified atom stereocenters. The molecular weight excluding hydrogens is 312 g/mol. The number of nitrogens with zero attached hydrogens (tertiary/aromatic N) is 2. The second-order valence-corrected chi connectivity index (χ2v) is 6.32. The number of carboxylic acid groups (broad SMARTS) is 1. The highest BCUT2D eigenvalue weighted by atomic mass is 16.5. The van der Waals surface area contributed by atoms with Crippen LogP contribution in [0.2, 0.25) is 0 Å². The number of likely N-dealkylation sites (N-methyl/N-ethyl adjacent to an activating group) is 1. The molecule has 0 radical (unpaired) electrons. The summed E-state index contributed by atoms with van der Waals surface area (Å²) in [6.45, 7) is 3.96. The SMILES string of the molecule is CN(C)C(=O)[C@]1(C)CN(Cc2ccc(OCC(=O)O)cc2)CCO1. The number of morpholine rings is 1. The van der Waals surface area contributed by atoms with Gasteiger partial charge in [0.25, 0.3) is 5.91 Å². The smallest absolute Gasteiger partial charge is 0.341 e. The van der Waals surface area contributed by atoms with Crippen LogP contribution < -0.4 is 4.74 Å². The summed E-state index contributed by atoms with van der Waals surface area (Å²) in [7, 11) is 3.46. The second-order valence-electron chi connectivity index (χ2n) is 6.32. The Morgan fingerprint density at radius 1 is 1.33 bits per heavy atom. The Bertz CT molecular complexity index is 587. The standard InChI is InChI=1S/C17H24N2O5/c1-17(16(22)18(2)3)12-19(8-9-24-17)10-13-4-6-14(7-5-13)23-11-15(20)21/h4-7H,8-12H2,1-3H3,(H,20,21)/t17-/m0/s1. The molecule has 0 spiro atoms. The number of ether oxygens (including phenoxy) is 2. The summed E-state index contributed by atoms with van der Waals surface area (Å²) >= 11 is 0. The van der Waals surface area contributed by atoms with Crippen LogP contribution in [0, 0.1) is 0 Å². The van der Waals surface area contributed by atoms with Gasteiger partial charge in [-0.2, -0.15) is 0 Å². The van der Waals surface area contributed by atoms with E-state index >= 15 is 0 Å². The van der Waals surface area contributed by atoms with Crippen molar-refractivity contribution in [1.29, 1.82) is 0 Å². The fourth-order valence-corrected chi connectivity index (χ4v) is 2.78. The summed E-state index contributed by atoms with van der Waals surface area (Å²) in [5.41, 5.74) is 0.242. The zero-order chi connectivity index (χ0) is 17.7. The van der Waals surface area contributed by atoms with Crippen molar-refractivity contribution in [2.45, 2.75) is 19.1 Å². The topological polar surface area (TPSA) is 79.3 Å². The number of rotatable bonds is 6. The highest BCUT2D eigenvalue weighted by molar-refractivity contribution is 5.84. The number of hydrogen-bond donors (Lipinski definition) is 1. The molecule has 7 heteroatoms. The van der Waals surface area contributed by atoms with Crippen molar-refractivity contribution in [2.75, 3.05) is 40.4 Å². The summed E-state index contributed by atoms with van der Waals surface area (Å²) in [4.78, 5) is 26.5. The fourth-order valence-electron chi connectivity index (χ4n) is 2.78. The lowest BCUT2D eigenvalue weighted by atomic mass is 10.0. The molecule has 24 heavy (non-hydrogen) atoms. The van der Waals surface area contributed by atoms with Crippen LogP contribution in [0.25, 0.3) is 0 Å². The Balaban J connectivity index is 1.95. The molecule has 1 aliphatic rings. The van der Waals surface area contributed by atoms with E-state index in [0.29, 0.717) is 25.4 Å². The van der Waals surface area contributed by atoms with Crippen molar-refractivity contribution in [3.05, 3.63) is 29.8 Å². The Hall–Kier alpha value is -2.12. The number of carbonyl (C=O) groups is 2. The molecule has 0 aliphatic carbocycles. The van der Waals surface area contributed by atoms with E-state index in [1.165, 1.54) is 0 Å². The molecular formula is C17H24N2O5. The second kappa shape index (κ2) is 7.63. The van der Waals surface area contributed by atoms with Gasteiger partial charge in [0.05, 0.1) is 6.61 Å². The van der Waals surface area contributed by atoms with E-state index in [4.69, 9.17) is 14.6 Å². The van der Waals surface area contributed by atoms with Crippen molar-refractivity contribution >= 4 is 11.9 Å². The Morgan fingerprint density at radius 2 is 2.00 bits per heavy atom. The van der Waals surface area contributed by atoms with Crippen LogP contribution in [0.5, 0.6) is 5.75 Å². The molecule has 0 bridgehead atoms. The number of carboxylic acids is 1. The van der Waals surface area contributed by atoms with Gasteiger partial charge in [-0.05, 0) is 24.6 Å². The van der Waals surface area contributed by atoms with Gasteiger partial charge in [-0.25, -0.2) is 4.79 Å². The van der Waals surface area contributed by atoms with Crippen LogP contribution >= 0.6 is 0 Å². The van der Waals surface area contributed by atoms with Crippen LogP contribution in [0.1, 0.15) is 12.5 Å². The number of amides is 1. The average molecular weight is 336 g/mol. The third kappa shape index (κ3) is 4.69. The Kier molecular flexibility index (Phi) is 5.80. The summed E-state index contributed by atoms with van der Waals surface area (Å²) in [6.07, 6.45) is 0. The zero-order valence-corrected chi connectivity index (χ0v) is 14.3. The van der Waals surface area contributed by atoms with Gasteiger partial charge < -0.3 is 19.5 Å². The van der Waals surface area contributed by atoms with Gasteiger partial charge in [-0.3, -0.25) is 9.69 Å². The molecule has 1 fully saturated rings. The van der Waals surface area contributed by atoms with Crippen molar-refractivity contribution in [1.82, 2.24) is 9.80 Å². The number of carbonyl (C=O) groups excluding carboxylic acids is 1. The molecule has 1 saturated heterocycles. The van der Waals surface area contributed by atoms with Gasteiger partial charge in [0.15, 0.2) is 12.2 Å². The van der Waals surface area contributed by atoms with Crippen LogP contribution in [0.3, 0.4) is 0 Å². The van der Waals surface area contributed by atoms with E-state index in [-0.39, 0.29) is 12.5 Å². The van der Waals surface area contributed by atoms with Gasteiger partial charge in [0.2, 0.25) is 0 Å². The summed E-state index contributed by atoms with van der Waals surface area (Å²) in [6, 6.07) is 7.31. The molecule has 7 nitrogen and oxygen atoms in total.